The smallest absolute Gasteiger partial charge is 0.286 e. The summed E-state index contributed by atoms with van der Waals surface area (Å²) in [6.07, 6.45) is 5.51. The van der Waals surface area contributed by atoms with Gasteiger partial charge >= 0.3 is 0 Å². The highest BCUT2D eigenvalue weighted by molar-refractivity contribution is 7.16. The Bertz CT molecular complexity index is 1070. The van der Waals surface area contributed by atoms with E-state index in [1.807, 2.05) is 10.6 Å². The van der Waals surface area contributed by atoms with Gasteiger partial charge in [0.1, 0.15) is 5.75 Å². The van der Waals surface area contributed by atoms with Crippen molar-refractivity contribution >= 4 is 39.1 Å². The lowest BCUT2D eigenvalue weighted by Crippen LogP contribution is -2.19. The lowest BCUT2D eigenvalue weighted by atomic mass is 10.0. The van der Waals surface area contributed by atoms with Gasteiger partial charge < -0.3 is 9.30 Å². The second-order valence-electron chi connectivity index (χ2n) is 6.30. The molecule has 4 nitrogen and oxygen atoms in total. The molecule has 0 saturated heterocycles. The Balaban J connectivity index is 1.89. The van der Waals surface area contributed by atoms with E-state index in [0.717, 1.165) is 10.2 Å². The van der Waals surface area contributed by atoms with Gasteiger partial charge in [-0.05, 0) is 47.9 Å². The molecular weight excluding hydrogens is 380 g/mol. The number of ether oxygens (including phenoxy) is 1. The van der Waals surface area contributed by atoms with Crippen LogP contribution in [-0.2, 0) is 11.3 Å². The van der Waals surface area contributed by atoms with Crippen molar-refractivity contribution in [1.82, 2.24) is 4.57 Å². The molecule has 0 atom stereocenters. The zero-order valence-corrected chi connectivity index (χ0v) is 16.7. The van der Waals surface area contributed by atoms with Crippen LogP contribution in [0.1, 0.15) is 25.3 Å². The summed E-state index contributed by atoms with van der Waals surface area (Å²) in [7, 11) is 0. The maximum atomic E-state index is 12.3. The summed E-state index contributed by atoms with van der Waals surface area (Å²) in [5.74, 6) is 3.25. The number of aromatic nitrogens is 1. The molecule has 0 aliphatic rings. The first-order valence-electron chi connectivity index (χ1n) is 8.50. The third kappa shape index (κ3) is 4.60. The zero-order valence-electron chi connectivity index (χ0n) is 15.1. The Kier molecular flexibility index (Phi) is 6.00. The van der Waals surface area contributed by atoms with Crippen molar-refractivity contribution in [2.24, 2.45) is 4.99 Å². The number of terminal acetylenes is 1. The molecule has 1 heterocycles. The Morgan fingerprint density at radius 3 is 2.70 bits per heavy atom. The first-order valence-corrected chi connectivity index (χ1v) is 9.70. The highest BCUT2D eigenvalue weighted by Crippen LogP contribution is 2.23. The van der Waals surface area contributed by atoms with Gasteiger partial charge in [0, 0.05) is 5.02 Å². The largest absolute Gasteiger partial charge is 0.484 e. The molecule has 1 amide bonds. The number of carbonyl (C=O) groups excluding carboxylic acids is 1. The molecule has 0 N–H and O–H groups in total. The van der Waals surface area contributed by atoms with E-state index in [9.17, 15) is 4.79 Å². The standard InChI is InChI=1S/C21H19ClN2O2S/c1-4-11-24-18-10-5-15(14(2)3)12-19(18)27-21(24)23-20(25)13-26-17-8-6-16(22)7-9-17/h1,5-10,12,14H,11,13H2,2-3H3. The van der Waals surface area contributed by atoms with Gasteiger partial charge in [0.15, 0.2) is 11.4 Å². The highest BCUT2D eigenvalue weighted by Gasteiger charge is 2.10. The van der Waals surface area contributed by atoms with Gasteiger partial charge in [-0.2, -0.15) is 4.99 Å². The van der Waals surface area contributed by atoms with Crippen LogP contribution in [0, 0.1) is 12.3 Å². The molecule has 0 fully saturated rings. The predicted molar refractivity (Wildman–Crippen MR) is 110 cm³/mol. The van der Waals surface area contributed by atoms with Crippen molar-refractivity contribution in [2.75, 3.05) is 6.61 Å². The second kappa shape index (κ2) is 8.43. The second-order valence-corrected chi connectivity index (χ2v) is 7.75. The van der Waals surface area contributed by atoms with Crippen molar-refractivity contribution in [3.05, 3.63) is 57.9 Å². The maximum absolute atomic E-state index is 12.3. The number of amides is 1. The van der Waals surface area contributed by atoms with Crippen molar-refractivity contribution in [3.8, 4) is 18.1 Å². The Labute approximate surface area is 167 Å². The number of hydrogen-bond donors (Lipinski definition) is 0. The number of thiazole rings is 1. The minimum atomic E-state index is -0.369. The summed E-state index contributed by atoms with van der Waals surface area (Å²) in [4.78, 5) is 17.1. The number of fused-ring (bicyclic) bond motifs is 1. The minimum Gasteiger partial charge on any atom is -0.484 e. The van der Waals surface area contributed by atoms with Crippen molar-refractivity contribution in [2.45, 2.75) is 26.3 Å². The lowest BCUT2D eigenvalue weighted by molar-refractivity contribution is -0.120. The summed E-state index contributed by atoms with van der Waals surface area (Å²) in [5.41, 5.74) is 2.22. The molecule has 0 bridgehead atoms. The number of carbonyl (C=O) groups is 1. The Morgan fingerprint density at radius 2 is 2.04 bits per heavy atom. The number of rotatable bonds is 5. The lowest BCUT2D eigenvalue weighted by Gasteiger charge is -2.05. The molecule has 0 unspecified atom stereocenters. The van der Waals surface area contributed by atoms with Crippen molar-refractivity contribution in [3.63, 3.8) is 0 Å². The normalized spacial score (nSPS) is 11.7. The van der Waals surface area contributed by atoms with Crippen LogP contribution in [0.15, 0.2) is 47.5 Å². The first-order chi connectivity index (χ1) is 13.0. The van der Waals surface area contributed by atoms with Crippen LogP contribution in [0.3, 0.4) is 0 Å². The molecule has 0 aliphatic carbocycles. The van der Waals surface area contributed by atoms with Gasteiger partial charge in [0.05, 0.1) is 16.8 Å². The van der Waals surface area contributed by atoms with Gasteiger partial charge in [0.25, 0.3) is 5.91 Å². The van der Waals surface area contributed by atoms with E-state index in [4.69, 9.17) is 22.8 Å². The Morgan fingerprint density at radius 1 is 1.30 bits per heavy atom. The fourth-order valence-electron chi connectivity index (χ4n) is 2.59. The van der Waals surface area contributed by atoms with E-state index in [0.29, 0.717) is 28.0 Å². The van der Waals surface area contributed by atoms with E-state index < -0.39 is 0 Å². The molecule has 3 aromatic rings. The predicted octanol–water partition coefficient (Wildman–Crippen LogP) is 4.62. The van der Waals surface area contributed by atoms with Crippen LogP contribution in [0.4, 0.5) is 0 Å². The molecule has 138 valence electrons. The number of hydrogen-bond acceptors (Lipinski definition) is 3. The molecule has 0 spiro atoms. The van der Waals surface area contributed by atoms with Crippen LogP contribution in [0.25, 0.3) is 10.2 Å². The number of halogens is 1. The average Bonchev–Trinajstić information content (AvgIpc) is 2.98. The van der Waals surface area contributed by atoms with Crippen LogP contribution in [0.2, 0.25) is 5.02 Å². The van der Waals surface area contributed by atoms with Gasteiger partial charge in [-0.3, -0.25) is 4.79 Å². The number of benzene rings is 2. The third-order valence-corrected chi connectivity index (χ3v) is 5.31. The summed E-state index contributed by atoms with van der Waals surface area (Å²) >= 11 is 7.29. The highest BCUT2D eigenvalue weighted by atomic mass is 35.5. The van der Waals surface area contributed by atoms with Gasteiger partial charge in [-0.1, -0.05) is 48.8 Å². The summed E-state index contributed by atoms with van der Waals surface area (Å²) in [6.45, 7) is 4.49. The van der Waals surface area contributed by atoms with Crippen molar-refractivity contribution < 1.29 is 9.53 Å². The number of nitrogens with zero attached hydrogens (tertiary/aromatic N) is 2. The molecule has 0 aliphatic heterocycles. The Hall–Kier alpha value is -2.55. The van der Waals surface area contributed by atoms with E-state index in [2.05, 4.69) is 36.9 Å². The van der Waals surface area contributed by atoms with E-state index >= 15 is 0 Å². The summed E-state index contributed by atoms with van der Waals surface area (Å²) < 4.78 is 8.41. The summed E-state index contributed by atoms with van der Waals surface area (Å²) in [6, 6.07) is 13.1. The first kappa shape index (κ1) is 19.2. The fraction of sp³-hybridized carbons (Fsp3) is 0.238. The fourth-order valence-corrected chi connectivity index (χ4v) is 3.81. The van der Waals surface area contributed by atoms with Gasteiger partial charge in [-0.15, -0.1) is 6.42 Å². The SMILES string of the molecule is C#CCn1c(=NC(=O)COc2ccc(Cl)cc2)sc2cc(C(C)C)ccc21. The van der Waals surface area contributed by atoms with E-state index in [1.54, 1.807) is 24.3 Å². The summed E-state index contributed by atoms with van der Waals surface area (Å²) in [5, 5.41) is 0.611. The molecule has 3 rings (SSSR count). The van der Waals surface area contributed by atoms with Crippen LogP contribution >= 0.6 is 22.9 Å². The zero-order chi connectivity index (χ0) is 19.4. The van der Waals surface area contributed by atoms with Crippen LogP contribution in [0.5, 0.6) is 5.75 Å². The molecule has 2 aromatic carbocycles. The molecule has 6 heteroatoms. The molecular formula is C21H19ClN2O2S. The van der Waals surface area contributed by atoms with Gasteiger partial charge in [-0.25, -0.2) is 0 Å². The van der Waals surface area contributed by atoms with E-state index in [-0.39, 0.29) is 12.5 Å². The third-order valence-electron chi connectivity index (χ3n) is 4.02. The quantitative estimate of drug-likeness (QED) is 0.588. The van der Waals surface area contributed by atoms with Crippen LogP contribution in [-0.4, -0.2) is 17.1 Å². The van der Waals surface area contributed by atoms with Crippen molar-refractivity contribution in [1.29, 1.82) is 0 Å². The maximum Gasteiger partial charge on any atom is 0.286 e. The molecule has 0 radical (unpaired) electrons. The molecule has 0 saturated carbocycles. The van der Waals surface area contributed by atoms with Gasteiger partial charge in [0.2, 0.25) is 0 Å². The van der Waals surface area contributed by atoms with E-state index in [1.165, 1.54) is 16.9 Å². The molecule has 1 aromatic heterocycles. The monoisotopic (exact) mass is 398 g/mol. The molecule has 27 heavy (non-hydrogen) atoms. The topological polar surface area (TPSA) is 43.6 Å². The van der Waals surface area contributed by atoms with Crippen LogP contribution < -0.4 is 9.54 Å². The average molecular weight is 399 g/mol. The minimum absolute atomic E-state index is 0.150.